The zero-order chi connectivity index (χ0) is 13.9. The molecule has 0 heterocycles. The monoisotopic (exact) mass is 291 g/mol. The molecule has 4 heteroatoms. The largest absolute Gasteiger partial charge is 0.457 e. The van der Waals surface area contributed by atoms with E-state index in [4.69, 9.17) is 16.3 Å². The number of rotatable bonds is 5. The first-order chi connectivity index (χ1) is 9.70. The van der Waals surface area contributed by atoms with Crippen LogP contribution >= 0.6 is 11.6 Å². The summed E-state index contributed by atoms with van der Waals surface area (Å²) in [6, 6.07) is 12.9. The lowest BCUT2D eigenvalue weighted by molar-refractivity contribution is 0.480. The Kier molecular flexibility index (Phi) is 3.90. The lowest BCUT2D eigenvalue weighted by atomic mass is 10.2. The molecular formula is C16H15ClFNO. The van der Waals surface area contributed by atoms with Gasteiger partial charge in [0, 0.05) is 18.7 Å². The van der Waals surface area contributed by atoms with Crippen LogP contribution in [0, 0.1) is 5.82 Å². The Morgan fingerprint density at radius 3 is 2.45 bits per heavy atom. The molecule has 1 aliphatic rings. The van der Waals surface area contributed by atoms with Crippen molar-refractivity contribution in [2.75, 3.05) is 0 Å². The molecule has 2 aromatic rings. The Morgan fingerprint density at radius 1 is 1.10 bits per heavy atom. The number of nitrogens with one attached hydrogen (secondary N) is 1. The van der Waals surface area contributed by atoms with E-state index < -0.39 is 5.82 Å². The van der Waals surface area contributed by atoms with Gasteiger partial charge in [-0.15, -0.1) is 0 Å². The summed E-state index contributed by atoms with van der Waals surface area (Å²) in [6.07, 6.45) is 2.57. The van der Waals surface area contributed by atoms with Crippen LogP contribution in [0.5, 0.6) is 11.5 Å². The summed E-state index contributed by atoms with van der Waals surface area (Å²) in [5.41, 5.74) is 1.22. The second-order valence-electron chi connectivity index (χ2n) is 4.98. The standard InChI is InChI=1S/C16H15ClFNO/c17-15-9-14(7-8-16(15)18)20-13-5-1-11(2-6-13)10-19-12-3-4-12/h1-2,5-9,12,19H,3-4,10H2. The zero-order valence-electron chi connectivity index (χ0n) is 10.9. The Balaban J connectivity index is 1.62. The van der Waals surface area contributed by atoms with Gasteiger partial charge in [-0.3, -0.25) is 0 Å². The first-order valence-electron chi connectivity index (χ1n) is 6.66. The van der Waals surface area contributed by atoms with E-state index in [0.717, 1.165) is 6.54 Å². The molecule has 0 amide bonds. The van der Waals surface area contributed by atoms with Crippen molar-refractivity contribution in [3.05, 3.63) is 58.9 Å². The van der Waals surface area contributed by atoms with Gasteiger partial charge >= 0.3 is 0 Å². The molecule has 0 aromatic heterocycles. The van der Waals surface area contributed by atoms with Crippen molar-refractivity contribution in [2.45, 2.75) is 25.4 Å². The van der Waals surface area contributed by atoms with Crippen LogP contribution in [-0.4, -0.2) is 6.04 Å². The van der Waals surface area contributed by atoms with E-state index in [0.29, 0.717) is 17.5 Å². The van der Waals surface area contributed by atoms with Gasteiger partial charge in [-0.2, -0.15) is 0 Å². The van der Waals surface area contributed by atoms with Gasteiger partial charge in [0.15, 0.2) is 0 Å². The lowest BCUT2D eigenvalue weighted by Gasteiger charge is -2.08. The summed E-state index contributed by atoms with van der Waals surface area (Å²) < 4.78 is 18.7. The van der Waals surface area contributed by atoms with E-state index in [1.54, 1.807) is 6.07 Å². The topological polar surface area (TPSA) is 21.3 Å². The van der Waals surface area contributed by atoms with Gasteiger partial charge < -0.3 is 10.1 Å². The van der Waals surface area contributed by atoms with Crippen LogP contribution in [0.3, 0.4) is 0 Å². The predicted octanol–water partition coefficient (Wildman–Crippen LogP) is 4.52. The van der Waals surface area contributed by atoms with Gasteiger partial charge in [0.1, 0.15) is 17.3 Å². The third kappa shape index (κ3) is 3.50. The van der Waals surface area contributed by atoms with Gasteiger partial charge in [0.25, 0.3) is 0 Å². The molecule has 1 N–H and O–H groups in total. The highest BCUT2D eigenvalue weighted by atomic mass is 35.5. The maximum atomic E-state index is 13.1. The van der Waals surface area contributed by atoms with Crippen molar-refractivity contribution in [3.8, 4) is 11.5 Å². The molecule has 1 saturated carbocycles. The quantitative estimate of drug-likeness (QED) is 0.874. The molecule has 0 bridgehead atoms. The van der Waals surface area contributed by atoms with E-state index in [1.807, 2.05) is 24.3 Å². The third-order valence-electron chi connectivity index (χ3n) is 3.22. The molecule has 0 spiro atoms. The molecule has 1 fully saturated rings. The van der Waals surface area contributed by atoms with Crippen LogP contribution in [0.15, 0.2) is 42.5 Å². The van der Waals surface area contributed by atoms with Gasteiger partial charge in [-0.1, -0.05) is 23.7 Å². The second-order valence-corrected chi connectivity index (χ2v) is 5.38. The second kappa shape index (κ2) is 5.81. The fourth-order valence-electron chi connectivity index (χ4n) is 1.90. The zero-order valence-corrected chi connectivity index (χ0v) is 11.7. The van der Waals surface area contributed by atoms with Crippen molar-refractivity contribution in [3.63, 3.8) is 0 Å². The highest BCUT2D eigenvalue weighted by Gasteiger charge is 2.19. The third-order valence-corrected chi connectivity index (χ3v) is 3.51. The molecule has 0 aliphatic heterocycles. The first kappa shape index (κ1) is 13.4. The van der Waals surface area contributed by atoms with Gasteiger partial charge in [-0.05, 0) is 42.7 Å². The van der Waals surface area contributed by atoms with E-state index in [2.05, 4.69) is 5.32 Å². The first-order valence-corrected chi connectivity index (χ1v) is 7.04. The van der Waals surface area contributed by atoms with Crippen LogP contribution < -0.4 is 10.1 Å². The maximum Gasteiger partial charge on any atom is 0.142 e. The van der Waals surface area contributed by atoms with E-state index in [1.165, 1.54) is 30.5 Å². The number of hydrogen-bond acceptors (Lipinski definition) is 2. The molecule has 104 valence electrons. The van der Waals surface area contributed by atoms with Gasteiger partial charge in [-0.25, -0.2) is 4.39 Å². The smallest absolute Gasteiger partial charge is 0.142 e. The number of hydrogen-bond donors (Lipinski definition) is 1. The normalized spacial score (nSPS) is 14.3. The van der Waals surface area contributed by atoms with Crippen LogP contribution in [0.25, 0.3) is 0 Å². The van der Waals surface area contributed by atoms with Crippen LogP contribution in [0.2, 0.25) is 5.02 Å². The summed E-state index contributed by atoms with van der Waals surface area (Å²) >= 11 is 5.72. The Morgan fingerprint density at radius 2 is 1.80 bits per heavy atom. The SMILES string of the molecule is Fc1ccc(Oc2ccc(CNC3CC3)cc2)cc1Cl. The minimum absolute atomic E-state index is 0.0627. The Labute approximate surface area is 122 Å². The van der Waals surface area contributed by atoms with E-state index in [-0.39, 0.29) is 5.02 Å². The van der Waals surface area contributed by atoms with Crippen molar-refractivity contribution >= 4 is 11.6 Å². The van der Waals surface area contributed by atoms with Crippen LogP contribution in [0.4, 0.5) is 4.39 Å². The highest BCUT2D eigenvalue weighted by molar-refractivity contribution is 6.30. The van der Waals surface area contributed by atoms with Gasteiger partial charge in [0.05, 0.1) is 5.02 Å². The fourth-order valence-corrected chi connectivity index (χ4v) is 2.07. The summed E-state index contributed by atoms with van der Waals surface area (Å²) in [5.74, 6) is 0.795. The predicted molar refractivity (Wildman–Crippen MR) is 77.8 cm³/mol. The van der Waals surface area contributed by atoms with Crippen molar-refractivity contribution in [1.82, 2.24) is 5.32 Å². The molecule has 2 aromatic carbocycles. The molecule has 0 radical (unpaired) electrons. The molecule has 0 atom stereocenters. The summed E-state index contributed by atoms with van der Waals surface area (Å²) in [7, 11) is 0. The molecular weight excluding hydrogens is 277 g/mol. The van der Waals surface area contributed by atoms with Crippen LogP contribution in [-0.2, 0) is 6.54 Å². The summed E-state index contributed by atoms with van der Waals surface area (Å²) in [6.45, 7) is 0.882. The van der Waals surface area contributed by atoms with Crippen molar-refractivity contribution in [1.29, 1.82) is 0 Å². The summed E-state index contributed by atoms with van der Waals surface area (Å²) in [4.78, 5) is 0. The number of halogens is 2. The molecule has 20 heavy (non-hydrogen) atoms. The van der Waals surface area contributed by atoms with Crippen molar-refractivity contribution < 1.29 is 9.13 Å². The van der Waals surface area contributed by atoms with Gasteiger partial charge in [0.2, 0.25) is 0 Å². The molecule has 3 rings (SSSR count). The van der Waals surface area contributed by atoms with Crippen LogP contribution in [0.1, 0.15) is 18.4 Å². The Hall–Kier alpha value is -1.58. The highest BCUT2D eigenvalue weighted by Crippen LogP contribution is 2.26. The fraction of sp³-hybridized carbons (Fsp3) is 0.250. The summed E-state index contributed by atoms with van der Waals surface area (Å²) in [5, 5.41) is 3.52. The minimum atomic E-state index is -0.444. The Bertz CT molecular complexity index is 596. The molecule has 2 nitrogen and oxygen atoms in total. The average molecular weight is 292 g/mol. The van der Waals surface area contributed by atoms with E-state index in [9.17, 15) is 4.39 Å². The van der Waals surface area contributed by atoms with E-state index >= 15 is 0 Å². The number of benzene rings is 2. The average Bonchev–Trinajstić information content (AvgIpc) is 3.26. The minimum Gasteiger partial charge on any atom is -0.457 e. The maximum absolute atomic E-state index is 13.1. The molecule has 0 unspecified atom stereocenters. The molecule has 1 aliphatic carbocycles. The number of ether oxygens (including phenoxy) is 1. The lowest BCUT2D eigenvalue weighted by Crippen LogP contribution is -2.14. The van der Waals surface area contributed by atoms with Crippen molar-refractivity contribution in [2.24, 2.45) is 0 Å². The molecule has 0 saturated heterocycles.